The maximum Gasteiger partial charge on any atom is 0.000528 e. The average molecular weight is 209 g/mol. The van der Waals surface area contributed by atoms with Crippen molar-refractivity contribution in [3.63, 3.8) is 0 Å². The lowest BCUT2D eigenvalue weighted by Gasteiger charge is -2.39. The Bertz CT molecular complexity index is 196. The molecule has 2 aliphatic rings. The van der Waals surface area contributed by atoms with Crippen LogP contribution in [0.25, 0.3) is 0 Å². The van der Waals surface area contributed by atoms with Gasteiger partial charge in [-0.05, 0) is 49.5 Å². The van der Waals surface area contributed by atoms with Crippen molar-refractivity contribution in [3.8, 4) is 0 Å². The molecule has 0 amide bonds. The van der Waals surface area contributed by atoms with E-state index < -0.39 is 0 Å². The molecule has 0 aromatic rings. The molecule has 15 heavy (non-hydrogen) atoms. The lowest BCUT2D eigenvalue weighted by atomic mass is 9.70. The first-order valence-electron chi connectivity index (χ1n) is 6.89. The zero-order chi connectivity index (χ0) is 10.7. The van der Waals surface area contributed by atoms with Crippen LogP contribution in [0.4, 0.5) is 0 Å². The molecule has 0 radical (unpaired) electrons. The van der Waals surface area contributed by atoms with Crippen molar-refractivity contribution in [2.24, 2.45) is 17.3 Å². The SMILES string of the molecule is CC1CCCC(CNCC2(C)CCC2)C1. The van der Waals surface area contributed by atoms with Gasteiger partial charge in [0.15, 0.2) is 0 Å². The third-order valence-electron chi connectivity index (χ3n) is 4.59. The third-order valence-corrected chi connectivity index (χ3v) is 4.59. The Kier molecular flexibility index (Phi) is 3.71. The van der Waals surface area contributed by atoms with Crippen molar-refractivity contribution in [3.05, 3.63) is 0 Å². The van der Waals surface area contributed by atoms with E-state index in [2.05, 4.69) is 19.2 Å². The monoisotopic (exact) mass is 209 g/mol. The van der Waals surface area contributed by atoms with Gasteiger partial charge in [-0.15, -0.1) is 0 Å². The van der Waals surface area contributed by atoms with E-state index in [1.165, 1.54) is 58.0 Å². The zero-order valence-electron chi connectivity index (χ0n) is 10.5. The van der Waals surface area contributed by atoms with E-state index in [9.17, 15) is 0 Å². The molecule has 2 fully saturated rings. The van der Waals surface area contributed by atoms with Crippen LogP contribution >= 0.6 is 0 Å². The van der Waals surface area contributed by atoms with E-state index in [4.69, 9.17) is 0 Å². The van der Waals surface area contributed by atoms with Gasteiger partial charge in [0.05, 0.1) is 0 Å². The molecule has 0 heterocycles. The molecule has 0 bridgehead atoms. The second-order valence-corrected chi connectivity index (χ2v) is 6.43. The molecule has 1 heteroatoms. The minimum atomic E-state index is 0.653. The summed E-state index contributed by atoms with van der Waals surface area (Å²) in [6, 6.07) is 0. The van der Waals surface area contributed by atoms with Crippen molar-refractivity contribution in [1.82, 2.24) is 5.32 Å². The number of rotatable bonds is 4. The number of nitrogens with one attached hydrogen (secondary N) is 1. The summed E-state index contributed by atoms with van der Waals surface area (Å²) in [6.45, 7) is 7.39. The van der Waals surface area contributed by atoms with Gasteiger partial charge in [-0.3, -0.25) is 0 Å². The molecule has 2 atom stereocenters. The maximum atomic E-state index is 3.72. The van der Waals surface area contributed by atoms with E-state index in [1.807, 2.05) is 0 Å². The molecule has 1 N–H and O–H groups in total. The Morgan fingerprint density at radius 1 is 1.20 bits per heavy atom. The quantitative estimate of drug-likeness (QED) is 0.746. The van der Waals surface area contributed by atoms with Crippen LogP contribution in [-0.4, -0.2) is 13.1 Å². The highest BCUT2D eigenvalue weighted by Crippen LogP contribution is 2.39. The second kappa shape index (κ2) is 4.86. The largest absolute Gasteiger partial charge is 0.316 e. The lowest BCUT2D eigenvalue weighted by Crippen LogP contribution is -2.39. The predicted molar refractivity (Wildman–Crippen MR) is 65.9 cm³/mol. The molecule has 2 saturated carbocycles. The predicted octanol–water partition coefficient (Wildman–Crippen LogP) is 3.59. The Morgan fingerprint density at radius 3 is 2.60 bits per heavy atom. The molecule has 0 saturated heterocycles. The normalized spacial score (nSPS) is 34.8. The second-order valence-electron chi connectivity index (χ2n) is 6.43. The topological polar surface area (TPSA) is 12.0 Å². The van der Waals surface area contributed by atoms with Crippen molar-refractivity contribution in [1.29, 1.82) is 0 Å². The van der Waals surface area contributed by atoms with Gasteiger partial charge in [0.25, 0.3) is 0 Å². The van der Waals surface area contributed by atoms with Crippen LogP contribution in [0, 0.1) is 17.3 Å². The van der Waals surface area contributed by atoms with Gasteiger partial charge in [0.2, 0.25) is 0 Å². The standard InChI is InChI=1S/C14H27N/c1-12-5-3-6-13(9-12)10-15-11-14(2)7-4-8-14/h12-13,15H,3-11H2,1-2H3. The summed E-state index contributed by atoms with van der Waals surface area (Å²) in [5.74, 6) is 1.95. The lowest BCUT2D eigenvalue weighted by molar-refractivity contribution is 0.150. The van der Waals surface area contributed by atoms with Crippen molar-refractivity contribution in [2.75, 3.05) is 13.1 Å². The molecule has 2 rings (SSSR count). The van der Waals surface area contributed by atoms with Gasteiger partial charge < -0.3 is 5.32 Å². The Hall–Kier alpha value is -0.0400. The van der Waals surface area contributed by atoms with E-state index in [0.29, 0.717) is 5.41 Å². The van der Waals surface area contributed by atoms with E-state index in [0.717, 1.165) is 11.8 Å². The molecule has 2 aliphatic carbocycles. The Balaban J connectivity index is 1.60. The summed E-state index contributed by atoms with van der Waals surface area (Å²) in [5, 5.41) is 3.72. The van der Waals surface area contributed by atoms with Gasteiger partial charge >= 0.3 is 0 Å². The maximum absolute atomic E-state index is 3.72. The van der Waals surface area contributed by atoms with E-state index in [-0.39, 0.29) is 0 Å². The summed E-state index contributed by atoms with van der Waals surface area (Å²) in [4.78, 5) is 0. The fourth-order valence-corrected chi connectivity index (χ4v) is 3.28. The van der Waals surface area contributed by atoms with Crippen molar-refractivity contribution < 1.29 is 0 Å². The van der Waals surface area contributed by atoms with Gasteiger partial charge in [-0.2, -0.15) is 0 Å². The Labute approximate surface area is 95.0 Å². The zero-order valence-corrected chi connectivity index (χ0v) is 10.5. The minimum absolute atomic E-state index is 0.653. The van der Waals surface area contributed by atoms with Crippen LogP contribution in [0.15, 0.2) is 0 Å². The number of hydrogen-bond acceptors (Lipinski definition) is 1. The van der Waals surface area contributed by atoms with Crippen LogP contribution in [-0.2, 0) is 0 Å². The fraction of sp³-hybridized carbons (Fsp3) is 1.00. The van der Waals surface area contributed by atoms with Crippen LogP contribution in [0.1, 0.15) is 58.8 Å². The van der Waals surface area contributed by atoms with Crippen molar-refractivity contribution >= 4 is 0 Å². The summed E-state index contributed by atoms with van der Waals surface area (Å²) >= 11 is 0. The molecule has 0 aromatic carbocycles. The Morgan fingerprint density at radius 2 is 2.00 bits per heavy atom. The van der Waals surface area contributed by atoms with Gasteiger partial charge in [-0.1, -0.05) is 33.1 Å². The minimum Gasteiger partial charge on any atom is -0.316 e. The van der Waals surface area contributed by atoms with E-state index in [1.54, 1.807) is 0 Å². The van der Waals surface area contributed by atoms with Gasteiger partial charge in [0.1, 0.15) is 0 Å². The van der Waals surface area contributed by atoms with Crippen LogP contribution < -0.4 is 5.32 Å². The van der Waals surface area contributed by atoms with Gasteiger partial charge in [-0.25, -0.2) is 0 Å². The molecule has 88 valence electrons. The highest BCUT2D eigenvalue weighted by molar-refractivity contribution is 4.85. The summed E-state index contributed by atoms with van der Waals surface area (Å²) in [7, 11) is 0. The first-order chi connectivity index (χ1) is 7.18. The fourth-order valence-electron chi connectivity index (χ4n) is 3.28. The van der Waals surface area contributed by atoms with Crippen LogP contribution in [0.2, 0.25) is 0 Å². The summed E-state index contributed by atoms with van der Waals surface area (Å²) in [5.41, 5.74) is 0.653. The van der Waals surface area contributed by atoms with E-state index >= 15 is 0 Å². The molecule has 0 aliphatic heterocycles. The molecular weight excluding hydrogens is 182 g/mol. The third kappa shape index (κ3) is 3.21. The highest BCUT2D eigenvalue weighted by Gasteiger charge is 2.31. The highest BCUT2D eigenvalue weighted by atomic mass is 14.9. The average Bonchev–Trinajstić information content (AvgIpc) is 2.15. The van der Waals surface area contributed by atoms with Crippen LogP contribution in [0.5, 0.6) is 0 Å². The van der Waals surface area contributed by atoms with Crippen molar-refractivity contribution in [2.45, 2.75) is 58.8 Å². The molecule has 2 unspecified atom stereocenters. The van der Waals surface area contributed by atoms with Gasteiger partial charge in [0, 0.05) is 6.54 Å². The molecule has 0 aromatic heterocycles. The molecule has 1 nitrogen and oxygen atoms in total. The summed E-state index contributed by atoms with van der Waals surface area (Å²) in [6.07, 6.45) is 10.2. The smallest absolute Gasteiger partial charge is 0.000528 e. The summed E-state index contributed by atoms with van der Waals surface area (Å²) < 4.78 is 0. The first kappa shape index (κ1) is 11.4. The molecular formula is C14H27N. The first-order valence-corrected chi connectivity index (χ1v) is 6.89. The number of hydrogen-bond donors (Lipinski definition) is 1. The van der Waals surface area contributed by atoms with Crippen LogP contribution in [0.3, 0.4) is 0 Å². The molecule has 0 spiro atoms.